The molecule has 0 unspecified atom stereocenters. The molecule has 0 radical (unpaired) electrons. The van der Waals surface area contributed by atoms with Gasteiger partial charge in [-0.15, -0.1) is 0 Å². The van der Waals surface area contributed by atoms with Crippen molar-refractivity contribution in [1.82, 2.24) is 19.5 Å². The van der Waals surface area contributed by atoms with Crippen molar-refractivity contribution < 1.29 is 0 Å². The van der Waals surface area contributed by atoms with Crippen LogP contribution in [-0.4, -0.2) is 19.5 Å². The second kappa shape index (κ2) is 14.3. The van der Waals surface area contributed by atoms with E-state index in [9.17, 15) is 0 Å². The number of nitrogens with zero attached hydrogens (tertiary/aromatic N) is 5. The zero-order chi connectivity index (χ0) is 37.3. The minimum atomic E-state index is 0.630. The Morgan fingerprint density at radius 2 is 0.679 bits per heavy atom. The van der Waals surface area contributed by atoms with Crippen LogP contribution in [0.3, 0.4) is 0 Å². The summed E-state index contributed by atoms with van der Waals surface area (Å²) < 4.78 is 2.36. The van der Waals surface area contributed by atoms with E-state index in [0.29, 0.717) is 17.5 Å². The molecule has 10 aromatic rings. The van der Waals surface area contributed by atoms with Gasteiger partial charge in [0, 0.05) is 50.2 Å². The first-order valence-corrected chi connectivity index (χ1v) is 18.8. The Kier molecular flexibility index (Phi) is 8.43. The van der Waals surface area contributed by atoms with Gasteiger partial charge in [0.25, 0.3) is 0 Å². The van der Waals surface area contributed by atoms with E-state index in [1.54, 1.807) is 0 Å². The number of rotatable bonds is 8. The van der Waals surface area contributed by atoms with Gasteiger partial charge in [0.2, 0.25) is 0 Å². The summed E-state index contributed by atoms with van der Waals surface area (Å²) in [7, 11) is 0. The quantitative estimate of drug-likeness (QED) is 0.157. The van der Waals surface area contributed by atoms with Gasteiger partial charge in [0.15, 0.2) is 17.5 Å². The molecule has 0 atom stereocenters. The van der Waals surface area contributed by atoms with Crippen LogP contribution in [0.1, 0.15) is 0 Å². The topological polar surface area (TPSA) is 46.8 Å². The molecule has 8 aromatic carbocycles. The van der Waals surface area contributed by atoms with Gasteiger partial charge < -0.3 is 9.47 Å². The summed E-state index contributed by atoms with van der Waals surface area (Å²) in [5.74, 6) is 1.92. The molecule has 0 amide bonds. The lowest BCUT2D eigenvalue weighted by Gasteiger charge is -2.25. The molecule has 5 nitrogen and oxygen atoms in total. The Morgan fingerprint density at radius 3 is 1.18 bits per heavy atom. The monoisotopic (exact) mass is 717 g/mol. The van der Waals surface area contributed by atoms with E-state index >= 15 is 0 Å². The summed E-state index contributed by atoms with van der Waals surface area (Å²) >= 11 is 0. The van der Waals surface area contributed by atoms with Crippen molar-refractivity contribution in [3.63, 3.8) is 0 Å². The number of anilines is 3. The third-order valence-corrected chi connectivity index (χ3v) is 10.2. The van der Waals surface area contributed by atoms with Crippen molar-refractivity contribution in [3.8, 4) is 51.0 Å². The molecule has 264 valence electrons. The molecule has 0 fully saturated rings. The number of fused-ring (bicyclic) bond motifs is 3. The molecule has 0 spiro atoms. The zero-order valence-electron chi connectivity index (χ0n) is 30.4. The summed E-state index contributed by atoms with van der Waals surface area (Å²) in [6.45, 7) is 0. The molecule has 10 rings (SSSR count). The largest absolute Gasteiger partial charge is 0.311 e. The Balaban J connectivity index is 1.10. The summed E-state index contributed by atoms with van der Waals surface area (Å²) in [5.41, 5.74) is 11.7. The van der Waals surface area contributed by atoms with Gasteiger partial charge in [0.05, 0.1) is 11.0 Å². The highest BCUT2D eigenvalue weighted by molar-refractivity contribution is 6.11. The molecule has 2 heterocycles. The van der Waals surface area contributed by atoms with Crippen LogP contribution in [0.15, 0.2) is 212 Å². The molecule has 0 N–H and O–H groups in total. The fourth-order valence-electron chi connectivity index (χ4n) is 7.53. The Bertz CT molecular complexity index is 2830. The summed E-state index contributed by atoms with van der Waals surface area (Å²) in [6.07, 6.45) is 0. The van der Waals surface area contributed by atoms with Crippen molar-refractivity contribution >= 4 is 38.9 Å². The minimum Gasteiger partial charge on any atom is -0.311 e. The van der Waals surface area contributed by atoms with E-state index in [1.807, 2.05) is 60.7 Å². The summed E-state index contributed by atoms with van der Waals surface area (Å²) in [4.78, 5) is 17.3. The Hall–Kier alpha value is -7.63. The molecule has 56 heavy (non-hydrogen) atoms. The lowest BCUT2D eigenvalue weighted by atomic mass is 10.0. The maximum absolute atomic E-state index is 5.04. The highest BCUT2D eigenvalue weighted by Crippen LogP contribution is 2.39. The molecule has 0 aliphatic heterocycles. The molecule has 0 saturated heterocycles. The number of aromatic nitrogens is 4. The van der Waals surface area contributed by atoms with Crippen molar-refractivity contribution in [2.75, 3.05) is 4.90 Å². The fraction of sp³-hybridized carbons (Fsp3) is 0. The van der Waals surface area contributed by atoms with Crippen LogP contribution < -0.4 is 4.90 Å². The number of hydrogen-bond acceptors (Lipinski definition) is 4. The van der Waals surface area contributed by atoms with E-state index < -0.39 is 0 Å². The van der Waals surface area contributed by atoms with E-state index in [4.69, 9.17) is 15.0 Å². The van der Waals surface area contributed by atoms with Crippen molar-refractivity contribution in [1.29, 1.82) is 0 Å². The molecular formula is C51H35N5. The van der Waals surface area contributed by atoms with Crippen LogP contribution in [0.2, 0.25) is 0 Å². The first-order chi connectivity index (χ1) is 27.8. The molecule has 0 saturated carbocycles. The first-order valence-electron chi connectivity index (χ1n) is 18.8. The lowest BCUT2D eigenvalue weighted by Crippen LogP contribution is -2.09. The van der Waals surface area contributed by atoms with Crippen LogP contribution in [0, 0.1) is 0 Å². The van der Waals surface area contributed by atoms with E-state index in [0.717, 1.165) is 67.0 Å². The predicted octanol–water partition coefficient (Wildman–Crippen LogP) is 13.1. The van der Waals surface area contributed by atoms with Crippen molar-refractivity contribution in [2.45, 2.75) is 0 Å². The highest BCUT2D eigenvalue weighted by atomic mass is 15.1. The molecular weight excluding hydrogens is 683 g/mol. The van der Waals surface area contributed by atoms with Crippen molar-refractivity contribution in [3.05, 3.63) is 212 Å². The maximum Gasteiger partial charge on any atom is 0.164 e. The highest BCUT2D eigenvalue weighted by Gasteiger charge is 2.18. The second-order valence-corrected chi connectivity index (χ2v) is 13.7. The molecule has 0 bridgehead atoms. The maximum atomic E-state index is 5.04. The average Bonchev–Trinajstić information content (AvgIpc) is 3.61. The minimum absolute atomic E-state index is 0.630. The van der Waals surface area contributed by atoms with Gasteiger partial charge in [-0.25, -0.2) is 15.0 Å². The standard InChI is InChI=1S/C51H35N5/c1-6-16-37(17-7-1)49-52-50(38-18-8-2-9-19-38)54-51(53-49)40-29-33-46-45-32-28-39(34-47(45)56(48(46)35-40)43-24-14-5-15-25-43)36-26-30-44(31-27-36)55(41-20-10-3-11-21-41)42-22-12-4-13-23-42/h1-35H. The Morgan fingerprint density at radius 1 is 0.304 bits per heavy atom. The van der Waals surface area contributed by atoms with E-state index in [-0.39, 0.29) is 0 Å². The summed E-state index contributed by atoms with van der Waals surface area (Å²) in [6, 6.07) is 74.0. The molecule has 0 aliphatic carbocycles. The van der Waals surface area contributed by atoms with Gasteiger partial charge in [-0.3, -0.25) is 0 Å². The van der Waals surface area contributed by atoms with Gasteiger partial charge in [-0.2, -0.15) is 0 Å². The third-order valence-electron chi connectivity index (χ3n) is 10.2. The smallest absolute Gasteiger partial charge is 0.164 e. The molecule has 0 aliphatic rings. The van der Waals surface area contributed by atoms with E-state index in [2.05, 4.69) is 161 Å². The van der Waals surface area contributed by atoms with Crippen LogP contribution >= 0.6 is 0 Å². The van der Waals surface area contributed by atoms with Crippen LogP contribution in [0.4, 0.5) is 17.1 Å². The average molecular weight is 718 g/mol. The van der Waals surface area contributed by atoms with Gasteiger partial charge in [-0.05, 0) is 71.8 Å². The fourth-order valence-corrected chi connectivity index (χ4v) is 7.53. The van der Waals surface area contributed by atoms with E-state index in [1.165, 1.54) is 5.39 Å². The SMILES string of the molecule is c1ccc(-c2nc(-c3ccccc3)nc(-c3ccc4c5ccc(-c6ccc(N(c7ccccc7)c7ccccc7)cc6)cc5n(-c5ccccc5)c4c3)n2)cc1. The Labute approximate surface area is 325 Å². The third kappa shape index (κ3) is 6.17. The number of benzene rings is 8. The summed E-state index contributed by atoms with van der Waals surface area (Å²) in [5, 5.41) is 2.34. The molecule has 2 aromatic heterocycles. The lowest BCUT2D eigenvalue weighted by molar-refractivity contribution is 1.07. The van der Waals surface area contributed by atoms with Gasteiger partial charge >= 0.3 is 0 Å². The second-order valence-electron chi connectivity index (χ2n) is 13.7. The van der Waals surface area contributed by atoms with Crippen LogP contribution in [0.25, 0.3) is 72.8 Å². The van der Waals surface area contributed by atoms with Gasteiger partial charge in [0.1, 0.15) is 0 Å². The normalized spacial score (nSPS) is 11.2. The number of hydrogen-bond donors (Lipinski definition) is 0. The van der Waals surface area contributed by atoms with Crippen LogP contribution in [-0.2, 0) is 0 Å². The van der Waals surface area contributed by atoms with Crippen molar-refractivity contribution in [2.24, 2.45) is 0 Å². The predicted molar refractivity (Wildman–Crippen MR) is 231 cm³/mol. The van der Waals surface area contributed by atoms with Gasteiger partial charge in [-0.1, -0.05) is 152 Å². The zero-order valence-corrected chi connectivity index (χ0v) is 30.4. The molecule has 5 heteroatoms. The van der Waals surface area contributed by atoms with Crippen LogP contribution in [0.5, 0.6) is 0 Å². The first kappa shape index (κ1) is 33.0. The number of para-hydroxylation sites is 3.